The minimum Gasteiger partial charge on any atom is -0.332 e. The van der Waals surface area contributed by atoms with Crippen molar-refractivity contribution in [3.63, 3.8) is 0 Å². The third kappa shape index (κ3) is 3.77. The van der Waals surface area contributed by atoms with Crippen LogP contribution in [0, 0.1) is 0 Å². The van der Waals surface area contributed by atoms with Gasteiger partial charge in [-0.2, -0.15) is 0 Å². The van der Waals surface area contributed by atoms with Crippen LogP contribution < -0.4 is 5.56 Å². The Balaban J connectivity index is 1.27. The third-order valence-electron chi connectivity index (χ3n) is 6.26. The topological polar surface area (TPSA) is 55.2 Å². The maximum absolute atomic E-state index is 13.4. The standard InChI is InChI=1S/C27H21N3O2S2/c31-26(22-7-4-14-33-22)29-13-12-21-23(16-29)34-25-24(21)27(32)30(17-28-25)15-18-8-10-20(11-9-18)19-5-2-1-3-6-19/h1-11,14,17H,12-13,15-16H2. The van der Waals surface area contributed by atoms with Crippen molar-refractivity contribution in [3.05, 3.63) is 110 Å². The number of nitrogens with zero attached hydrogens (tertiary/aromatic N) is 3. The molecular formula is C27H21N3O2S2. The molecule has 0 unspecified atom stereocenters. The highest BCUT2D eigenvalue weighted by atomic mass is 32.1. The lowest BCUT2D eigenvalue weighted by Crippen LogP contribution is -2.35. The lowest BCUT2D eigenvalue weighted by atomic mass is 10.0. The van der Waals surface area contributed by atoms with Crippen LogP contribution in [0.25, 0.3) is 21.3 Å². The Bertz CT molecular complexity index is 1540. The first-order valence-corrected chi connectivity index (χ1v) is 12.8. The molecule has 4 heterocycles. The van der Waals surface area contributed by atoms with Gasteiger partial charge in [-0.3, -0.25) is 14.2 Å². The van der Waals surface area contributed by atoms with E-state index in [9.17, 15) is 9.59 Å². The molecule has 6 rings (SSSR count). The number of hydrogen-bond donors (Lipinski definition) is 0. The van der Waals surface area contributed by atoms with E-state index in [2.05, 4.69) is 41.4 Å². The Labute approximate surface area is 204 Å². The van der Waals surface area contributed by atoms with Gasteiger partial charge in [0.15, 0.2) is 0 Å². The lowest BCUT2D eigenvalue weighted by Gasteiger charge is -2.26. The predicted octanol–water partition coefficient (Wildman–Crippen LogP) is 5.43. The molecule has 5 aromatic rings. The number of amides is 1. The Morgan fingerprint density at radius 1 is 0.971 bits per heavy atom. The van der Waals surface area contributed by atoms with Crippen molar-refractivity contribution in [1.29, 1.82) is 0 Å². The Hall–Kier alpha value is -3.55. The molecule has 0 fully saturated rings. The molecule has 168 valence electrons. The second kappa shape index (κ2) is 8.66. The van der Waals surface area contributed by atoms with Gasteiger partial charge in [0, 0.05) is 11.4 Å². The van der Waals surface area contributed by atoms with E-state index in [1.807, 2.05) is 40.6 Å². The fraction of sp³-hybridized carbons (Fsp3) is 0.148. The van der Waals surface area contributed by atoms with Crippen LogP contribution >= 0.6 is 22.7 Å². The molecule has 0 radical (unpaired) electrons. The molecule has 1 aliphatic heterocycles. The van der Waals surface area contributed by atoms with E-state index in [4.69, 9.17) is 0 Å². The molecule has 3 aromatic heterocycles. The normalized spacial score (nSPS) is 13.2. The summed E-state index contributed by atoms with van der Waals surface area (Å²) in [6, 6.07) is 22.3. The Morgan fingerprint density at radius 3 is 2.53 bits per heavy atom. The summed E-state index contributed by atoms with van der Waals surface area (Å²) < 4.78 is 1.69. The van der Waals surface area contributed by atoms with Crippen molar-refractivity contribution in [2.45, 2.75) is 19.5 Å². The van der Waals surface area contributed by atoms with Gasteiger partial charge in [0.2, 0.25) is 0 Å². The molecule has 0 saturated heterocycles. The summed E-state index contributed by atoms with van der Waals surface area (Å²) >= 11 is 2.99. The molecule has 1 aliphatic rings. The van der Waals surface area contributed by atoms with E-state index in [-0.39, 0.29) is 11.5 Å². The molecule has 0 aliphatic carbocycles. The van der Waals surface area contributed by atoms with Crippen LogP contribution in [0.5, 0.6) is 0 Å². The Morgan fingerprint density at radius 2 is 1.76 bits per heavy atom. The van der Waals surface area contributed by atoms with Gasteiger partial charge in [-0.05, 0) is 40.1 Å². The third-order valence-corrected chi connectivity index (χ3v) is 8.24. The zero-order valence-corrected chi connectivity index (χ0v) is 19.9. The van der Waals surface area contributed by atoms with Crippen molar-refractivity contribution in [2.75, 3.05) is 6.54 Å². The van der Waals surface area contributed by atoms with E-state index < -0.39 is 0 Å². The zero-order chi connectivity index (χ0) is 23.1. The Kier molecular flexibility index (Phi) is 5.36. The first kappa shape index (κ1) is 21.0. The summed E-state index contributed by atoms with van der Waals surface area (Å²) in [5.74, 6) is 0.0578. The van der Waals surface area contributed by atoms with Crippen LogP contribution in [-0.2, 0) is 19.5 Å². The molecule has 1 amide bonds. The number of hydrogen-bond acceptors (Lipinski definition) is 5. The van der Waals surface area contributed by atoms with Crippen molar-refractivity contribution >= 4 is 38.8 Å². The number of carbonyl (C=O) groups is 1. The first-order valence-electron chi connectivity index (χ1n) is 11.1. The molecule has 0 saturated carbocycles. The van der Waals surface area contributed by atoms with Gasteiger partial charge in [-0.15, -0.1) is 22.7 Å². The number of carbonyl (C=O) groups excluding carboxylic acids is 1. The predicted molar refractivity (Wildman–Crippen MR) is 138 cm³/mol. The van der Waals surface area contributed by atoms with Crippen LogP contribution in [0.15, 0.2) is 83.2 Å². The highest BCUT2D eigenvalue weighted by molar-refractivity contribution is 7.18. The molecule has 0 spiro atoms. The van der Waals surface area contributed by atoms with Crippen molar-refractivity contribution in [1.82, 2.24) is 14.5 Å². The van der Waals surface area contributed by atoms with Crippen molar-refractivity contribution in [2.24, 2.45) is 0 Å². The number of fused-ring (bicyclic) bond motifs is 3. The number of thiophene rings is 2. The van der Waals surface area contributed by atoms with E-state index in [1.165, 1.54) is 28.2 Å². The van der Waals surface area contributed by atoms with Gasteiger partial charge in [-0.25, -0.2) is 4.98 Å². The zero-order valence-electron chi connectivity index (χ0n) is 18.3. The van der Waals surface area contributed by atoms with E-state index >= 15 is 0 Å². The van der Waals surface area contributed by atoms with Crippen LogP contribution in [0.2, 0.25) is 0 Å². The van der Waals surface area contributed by atoms with Gasteiger partial charge < -0.3 is 4.90 Å². The molecule has 0 bridgehead atoms. The smallest absolute Gasteiger partial charge is 0.264 e. The summed E-state index contributed by atoms with van der Waals surface area (Å²) in [5.41, 5.74) is 4.43. The highest BCUT2D eigenvalue weighted by Crippen LogP contribution is 2.33. The molecule has 34 heavy (non-hydrogen) atoms. The second-order valence-corrected chi connectivity index (χ2v) is 10.4. The first-order chi connectivity index (χ1) is 16.7. The average Bonchev–Trinajstić information content (AvgIpc) is 3.54. The van der Waals surface area contributed by atoms with Gasteiger partial charge in [0.25, 0.3) is 11.5 Å². The van der Waals surface area contributed by atoms with E-state index in [0.717, 1.165) is 31.3 Å². The monoisotopic (exact) mass is 483 g/mol. The molecule has 7 heteroatoms. The average molecular weight is 484 g/mol. The summed E-state index contributed by atoms with van der Waals surface area (Å²) in [6.07, 6.45) is 2.32. The quantitative estimate of drug-likeness (QED) is 0.342. The molecule has 0 N–H and O–H groups in total. The van der Waals surface area contributed by atoms with Gasteiger partial charge >= 0.3 is 0 Å². The van der Waals surface area contributed by atoms with Gasteiger partial charge in [-0.1, -0.05) is 60.7 Å². The van der Waals surface area contributed by atoms with Crippen molar-refractivity contribution < 1.29 is 4.79 Å². The largest absolute Gasteiger partial charge is 0.332 e. The maximum Gasteiger partial charge on any atom is 0.264 e. The number of rotatable bonds is 4. The fourth-order valence-electron chi connectivity index (χ4n) is 4.49. The minimum absolute atomic E-state index is 0.00679. The van der Waals surface area contributed by atoms with Crippen LogP contribution in [0.4, 0.5) is 0 Å². The van der Waals surface area contributed by atoms with Crippen LogP contribution in [0.1, 0.15) is 25.7 Å². The van der Waals surface area contributed by atoms with Gasteiger partial charge in [0.1, 0.15) is 4.83 Å². The fourth-order valence-corrected chi connectivity index (χ4v) is 6.38. The second-order valence-electron chi connectivity index (χ2n) is 8.38. The SMILES string of the molecule is O=C(c1cccs1)N1CCc2c(sc3ncn(Cc4ccc(-c5ccccc5)cc4)c(=O)c23)C1. The van der Waals surface area contributed by atoms with Crippen LogP contribution in [-0.4, -0.2) is 26.9 Å². The van der Waals surface area contributed by atoms with Crippen LogP contribution in [0.3, 0.4) is 0 Å². The lowest BCUT2D eigenvalue weighted by molar-refractivity contribution is 0.0742. The van der Waals surface area contributed by atoms with Gasteiger partial charge in [0.05, 0.1) is 29.7 Å². The summed E-state index contributed by atoms with van der Waals surface area (Å²) in [5, 5.41) is 2.63. The molecule has 0 atom stereocenters. The number of benzene rings is 2. The minimum atomic E-state index is -0.00679. The molecule has 5 nitrogen and oxygen atoms in total. The summed E-state index contributed by atoms with van der Waals surface area (Å²) in [7, 11) is 0. The van der Waals surface area contributed by atoms with Crippen molar-refractivity contribution in [3.8, 4) is 11.1 Å². The summed E-state index contributed by atoms with van der Waals surface area (Å²) in [4.78, 5) is 35.3. The highest BCUT2D eigenvalue weighted by Gasteiger charge is 2.27. The summed E-state index contributed by atoms with van der Waals surface area (Å²) in [6.45, 7) is 1.63. The molecular weight excluding hydrogens is 462 g/mol. The van der Waals surface area contributed by atoms with E-state index in [0.29, 0.717) is 31.4 Å². The molecule has 2 aromatic carbocycles. The van der Waals surface area contributed by atoms with E-state index in [1.54, 1.807) is 10.9 Å². The number of aromatic nitrogens is 2. The maximum atomic E-state index is 13.4.